The molecule has 0 bridgehead atoms. The van der Waals surface area contributed by atoms with Crippen LogP contribution >= 0.6 is 0 Å². The third-order valence-electron chi connectivity index (χ3n) is 5.97. The zero-order valence-corrected chi connectivity index (χ0v) is 16.2. The summed E-state index contributed by atoms with van der Waals surface area (Å²) in [6.45, 7) is 0.836. The molecule has 0 saturated carbocycles. The number of rotatable bonds is 4. The lowest BCUT2D eigenvalue weighted by molar-refractivity contribution is -0.166. The van der Waals surface area contributed by atoms with Gasteiger partial charge in [0.2, 0.25) is 11.8 Å². The SMILES string of the molecule is O=C1CCC(N2Cc3cc(CN[C@H]4CCCN[C@H]4C(F)(F)F)ccc3C2=O)C(=O)N1. The Hall–Kier alpha value is -2.46. The van der Waals surface area contributed by atoms with Crippen molar-refractivity contribution in [1.29, 1.82) is 0 Å². The van der Waals surface area contributed by atoms with Crippen LogP contribution in [0.5, 0.6) is 0 Å². The van der Waals surface area contributed by atoms with Crippen LogP contribution in [0.25, 0.3) is 0 Å². The van der Waals surface area contributed by atoms with Gasteiger partial charge in [-0.15, -0.1) is 0 Å². The highest BCUT2D eigenvalue weighted by atomic mass is 19.4. The Morgan fingerprint density at radius 2 is 1.97 bits per heavy atom. The lowest BCUT2D eigenvalue weighted by Crippen LogP contribution is -2.58. The highest BCUT2D eigenvalue weighted by molar-refractivity contribution is 6.05. The van der Waals surface area contributed by atoms with Crippen molar-refractivity contribution < 1.29 is 27.6 Å². The maximum absolute atomic E-state index is 13.2. The summed E-state index contributed by atoms with van der Waals surface area (Å²) in [5.74, 6) is -1.09. The summed E-state index contributed by atoms with van der Waals surface area (Å²) in [6, 6.07) is 2.19. The van der Waals surface area contributed by atoms with Gasteiger partial charge in [-0.05, 0) is 43.0 Å². The number of halogens is 3. The van der Waals surface area contributed by atoms with Gasteiger partial charge in [0, 0.05) is 31.1 Å². The Bertz CT molecular complexity index is 873. The minimum Gasteiger partial charge on any atom is -0.322 e. The highest BCUT2D eigenvalue weighted by Crippen LogP contribution is 2.29. The fraction of sp³-hybridized carbons (Fsp3) is 0.550. The summed E-state index contributed by atoms with van der Waals surface area (Å²) in [5.41, 5.74) is 1.99. The normalized spacial score (nSPS) is 27.2. The second kappa shape index (κ2) is 7.99. The number of nitrogens with one attached hydrogen (secondary N) is 3. The lowest BCUT2D eigenvalue weighted by Gasteiger charge is -2.34. The van der Waals surface area contributed by atoms with Gasteiger partial charge in [-0.3, -0.25) is 19.7 Å². The second-order valence-corrected chi connectivity index (χ2v) is 7.99. The van der Waals surface area contributed by atoms with E-state index in [0.29, 0.717) is 24.9 Å². The number of piperidine rings is 2. The summed E-state index contributed by atoms with van der Waals surface area (Å²) >= 11 is 0. The molecule has 1 aromatic rings. The smallest absolute Gasteiger partial charge is 0.322 e. The molecule has 162 valence electrons. The van der Waals surface area contributed by atoms with E-state index in [4.69, 9.17) is 0 Å². The first-order valence-corrected chi connectivity index (χ1v) is 10.0. The molecule has 4 rings (SSSR count). The zero-order valence-electron chi connectivity index (χ0n) is 16.2. The lowest BCUT2D eigenvalue weighted by atomic mass is 9.97. The van der Waals surface area contributed by atoms with E-state index in [-0.39, 0.29) is 37.7 Å². The fourth-order valence-corrected chi connectivity index (χ4v) is 4.44. The number of hydrogen-bond donors (Lipinski definition) is 3. The molecule has 3 N–H and O–H groups in total. The van der Waals surface area contributed by atoms with Crippen LogP contribution in [0.15, 0.2) is 18.2 Å². The molecule has 0 spiro atoms. The van der Waals surface area contributed by atoms with Crippen LogP contribution in [-0.2, 0) is 22.7 Å². The third-order valence-corrected chi connectivity index (χ3v) is 5.97. The summed E-state index contributed by atoms with van der Waals surface area (Å²) < 4.78 is 39.6. The van der Waals surface area contributed by atoms with Crippen LogP contribution in [0, 0.1) is 0 Å². The van der Waals surface area contributed by atoms with E-state index >= 15 is 0 Å². The molecule has 10 heteroatoms. The van der Waals surface area contributed by atoms with Crippen LogP contribution in [0.3, 0.4) is 0 Å². The summed E-state index contributed by atoms with van der Waals surface area (Å²) in [5, 5.41) is 7.80. The molecule has 1 unspecified atom stereocenters. The van der Waals surface area contributed by atoms with Crippen molar-refractivity contribution in [3.63, 3.8) is 0 Å². The number of carbonyl (C=O) groups excluding carboxylic acids is 3. The molecule has 30 heavy (non-hydrogen) atoms. The number of amides is 3. The maximum atomic E-state index is 13.2. The van der Waals surface area contributed by atoms with E-state index in [1.165, 1.54) is 4.90 Å². The van der Waals surface area contributed by atoms with E-state index < -0.39 is 30.2 Å². The molecule has 2 fully saturated rings. The van der Waals surface area contributed by atoms with Gasteiger partial charge < -0.3 is 15.5 Å². The number of benzene rings is 1. The van der Waals surface area contributed by atoms with Crippen LogP contribution in [0.4, 0.5) is 13.2 Å². The van der Waals surface area contributed by atoms with Gasteiger partial charge in [0.25, 0.3) is 5.91 Å². The van der Waals surface area contributed by atoms with Crippen LogP contribution < -0.4 is 16.0 Å². The molecule has 3 heterocycles. The van der Waals surface area contributed by atoms with Gasteiger partial charge in [0.05, 0.1) is 0 Å². The van der Waals surface area contributed by atoms with Gasteiger partial charge in [-0.1, -0.05) is 12.1 Å². The van der Waals surface area contributed by atoms with Crippen molar-refractivity contribution in [1.82, 2.24) is 20.9 Å². The number of imide groups is 1. The Morgan fingerprint density at radius 3 is 2.70 bits per heavy atom. The number of alkyl halides is 3. The minimum atomic E-state index is -4.31. The first-order valence-electron chi connectivity index (χ1n) is 10.0. The van der Waals surface area contributed by atoms with Gasteiger partial charge >= 0.3 is 6.18 Å². The van der Waals surface area contributed by atoms with Gasteiger partial charge in [0.15, 0.2) is 0 Å². The Labute approximate surface area is 171 Å². The van der Waals surface area contributed by atoms with Crippen LogP contribution in [-0.4, -0.2) is 53.5 Å². The topological polar surface area (TPSA) is 90.5 Å². The van der Waals surface area contributed by atoms with E-state index in [1.54, 1.807) is 18.2 Å². The Morgan fingerprint density at radius 1 is 1.17 bits per heavy atom. The monoisotopic (exact) mass is 424 g/mol. The minimum absolute atomic E-state index is 0.182. The standard InChI is InChI=1S/C20H23F3N4O3/c21-20(22,23)17-14(2-1-7-24-17)25-9-11-3-4-13-12(8-11)10-27(19(13)30)15-5-6-16(28)26-18(15)29/h3-4,8,14-15,17,24-25H,1-2,5-7,9-10H2,(H,26,28,29)/t14-,15?,17+/m0/s1. The summed E-state index contributed by atoms with van der Waals surface area (Å²) in [6.07, 6.45) is -2.74. The van der Waals surface area contributed by atoms with Crippen molar-refractivity contribution in [2.75, 3.05) is 6.54 Å². The average Bonchev–Trinajstić information content (AvgIpc) is 3.02. The first-order chi connectivity index (χ1) is 14.2. The molecule has 3 atom stereocenters. The molecule has 7 nitrogen and oxygen atoms in total. The van der Waals surface area contributed by atoms with Crippen molar-refractivity contribution in [2.24, 2.45) is 0 Å². The molecule has 3 aliphatic heterocycles. The molecule has 3 aliphatic rings. The molecular formula is C20H23F3N4O3. The zero-order chi connectivity index (χ0) is 21.5. The maximum Gasteiger partial charge on any atom is 0.405 e. The summed E-state index contributed by atoms with van der Waals surface area (Å²) in [7, 11) is 0. The number of fused-ring (bicyclic) bond motifs is 1. The fourth-order valence-electron chi connectivity index (χ4n) is 4.44. The highest BCUT2D eigenvalue weighted by Gasteiger charge is 2.45. The molecular weight excluding hydrogens is 401 g/mol. The molecule has 2 saturated heterocycles. The van der Waals surface area contributed by atoms with Gasteiger partial charge in [-0.2, -0.15) is 13.2 Å². The van der Waals surface area contributed by atoms with Crippen molar-refractivity contribution in [3.05, 3.63) is 34.9 Å². The van der Waals surface area contributed by atoms with E-state index in [1.807, 2.05) is 0 Å². The van der Waals surface area contributed by atoms with Gasteiger partial charge in [0.1, 0.15) is 12.1 Å². The predicted molar refractivity (Wildman–Crippen MR) is 100 cm³/mol. The van der Waals surface area contributed by atoms with Crippen LogP contribution in [0.1, 0.15) is 47.2 Å². The Kier molecular flexibility index (Phi) is 5.54. The van der Waals surface area contributed by atoms with Crippen molar-refractivity contribution >= 4 is 17.7 Å². The Balaban J connectivity index is 1.43. The third kappa shape index (κ3) is 4.06. The van der Waals surface area contributed by atoms with Gasteiger partial charge in [-0.25, -0.2) is 0 Å². The number of nitrogens with zero attached hydrogens (tertiary/aromatic N) is 1. The predicted octanol–water partition coefficient (Wildman–Crippen LogP) is 1.22. The van der Waals surface area contributed by atoms with E-state index in [0.717, 1.165) is 11.1 Å². The average molecular weight is 424 g/mol. The van der Waals surface area contributed by atoms with Crippen molar-refractivity contribution in [3.8, 4) is 0 Å². The number of hydrogen-bond acceptors (Lipinski definition) is 5. The van der Waals surface area contributed by atoms with E-state index in [9.17, 15) is 27.6 Å². The number of carbonyl (C=O) groups is 3. The summed E-state index contributed by atoms with van der Waals surface area (Å²) in [4.78, 5) is 37.6. The molecule has 3 amide bonds. The first kappa shape index (κ1) is 20.8. The quantitative estimate of drug-likeness (QED) is 0.633. The van der Waals surface area contributed by atoms with Crippen molar-refractivity contribution in [2.45, 2.75) is 63.1 Å². The molecule has 0 aromatic heterocycles. The molecule has 0 radical (unpaired) electrons. The molecule has 0 aliphatic carbocycles. The second-order valence-electron chi connectivity index (χ2n) is 7.99. The largest absolute Gasteiger partial charge is 0.405 e. The van der Waals surface area contributed by atoms with Crippen LogP contribution in [0.2, 0.25) is 0 Å². The van der Waals surface area contributed by atoms with E-state index in [2.05, 4.69) is 16.0 Å². The molecule has 1 aromatic carbocycles.